The van der Waals surface area contributed by atoms with Gasteiger partial charge in [0.1, 0.15) is 0 Å². The number of hydrogen-bond acceptors (Lipinski definition) is 4. The van der Waals surface area contributed by atoms with Gasteiger partial charge in [-0.3, -0.25) is 0 Å². The van der Waals surface area contributed by atoms with Crippen molar-refractivity contribution < 1.29 is 0 Å². The van der Waals surface area contributed by atoms with E-state index in [-0.39, 0.29) is 0 Å². The van der Waals surface area contributed by atoms with Crippen LogP contribution in [0.1, 0.15) is 12.5 Å². The van der Waals surface area contributed by atoms with E-state index in [2.05, 4.69) is 39.2 Å². The molecule has 0 atom stereocenters. The normalized spacial score (nSPS) is 11.0. The third kappa shape index (κ3) is 3.31. The molecule has 2 heterocycles. The summed E-state index contributed by atoms with van der Waals surface area (Å²) in [6, 6.07) is 12.0. The number of aromatic nitrogens is 3. The molecule has 0 saturated carbocycles. The zero-order valence-electron chi connectivity index (χ0n) is 11.5. The lowest BCUT2D eigenvalue weighted by molar-refractivity contribution is 0.688. The molecule has 0 aliphatic heterocycles. The Morgan fingerprint density at radius 3 is 2.86 bits per heavy atom. The number of nitrogens with zero attached hydrogens (tertiary/aromatic N) is 3. The fraction of sp³-hybridized carbons (Fsp3) is 0.200. The monoisotopic (exact) mass is 335 g/mol. The van der Waals surface area contributed by atoms with Gasteiger partial charge in [-0.05, 0) is 36.1 Å². The summed E-state index contributed by atoms with van der Waals surface area (Å²) in [6.45, 7) is 2.97. The minimum atomic E-state index is 0.768. The summed E-state index contributed by atoms with van der Waals surface area (Å²) >= 11 is 9.39. The van der Waals surface area contributed by atoms with Gasteiger partial charge in [-0.1, -0.05) is 41.6 Å². The van der Waals surface area contributed by atoms with Crippen LogP contribution >= 0.6 is 34.7 Å². The van der Waals surface area contributed by atoms with Crippen molar-refractivity contribution >= 4 is 34.7 Å². The third-order valence-corrected chi connectivity index (χ3v) is 5.17. The molecule has 0 saturated heterocycles. The van der Waals surface area contributed by atoms with Crippen molar-refractivity contribution in [2.75, 3.05) is 0 Å². The predicted octanol–water partition coefficient (Wildman–Crippen LogP) is 4.97. The molecule has 3 aromatic rings. The minimum absolute atomic E-state index is 0.768. The standard InChI is InChI=1S/C15H14ClN3S2/c1-2-19-14(13-7-4-8-20-13)17-18-15(19)21-10-11-5-3-6-12(16)9-11/h3-9H,2,10H2,1H3. The molecule has 0 bridgehead atoms. The fourth-order valence-electron chi connectivity index (χ4n) is 2.04. The highest BCUT2D eigenvalue weighted by atomic mass is 35.5. The fourth-order valence-corrected chi connectivity index (χ4v) is 3.92. The number of benzene rings is 1. The van der Waals surface area contributed by atoms with Crippen LogP contribution in [0.15, 0.2) is 46.9 Å². The minimum Gasteiger partial charge on any atom is -0.302 e. The summed E-state index contributed by atoms with van der Waals surface area (Å²) in [5.41, 5.74) is 1.19. The quantitative estimate of drug-likeness (QED) is 0.616. The first-order chi connectivity index (χ1) is 10.3. The number of thioether (sulfide) groups is 1. The molecule has 2 aromatic heterocycles. The van der Waals surface area contributed by atoms with Crippen molar-refractivity contribution in [1.82, 2.24) is 14.8 Å². The molecule has 0 aliphatic rings. The van der Waals surface area contributed by atoms with Crippen LogP contribution in [0, 0.1) is 0 Å². The van der Waals surface area contributed by atoms with Crippen molar-refractivity contribution in [3.8, 4) is 10.7 Å². The van der Waals surface area contributed by atoms with Crippen molar-refractivity contribution in [3.63, 3.8) is 0 Å². The number of rotatable bonds is 5. The highest BCUT2D eigenvalue weighted by Gasteiger charge is 2.13. The molecule has 108 valence electrons. The van der Waals surface area contributed by atoms with E-state index in [9.17, 15) is 0 Å². The van der Waals surface area contributed by atoms with Gasteiger partial charge in [0, 0.05) is 17.3 Å². The molecular weight excluding hydrogens is 322 g/mol. The van der Waals surface area contributed by atoms with E-state index in [1.165, 1.54) is 5.56 Å². The molecule has 6 heteroatoms. The van der Waals surface area contributed by atoms with Gasteiger partial charge in [-0.15, -0.1) is 21.5 Å². The second-order valence-corrected chi connectivity index (χ2v) is 6.77. The van der Waals surface area contributed by atoms with Crippen LogP contribution in [0.5, 0.6) is 0 Å². The first-order valence-corrected chi connectivity index (χ1v) is 8.86. The Balaban J connectivity index is 1.80. The van der Waals surface area contributed by atoms with Crippen LogP contribution in [0.3, 0.4) is 0 Å². The third-order valence-electron chi connectivity index (χ3n) is 3.03. The second kappa shape index (κ2) is 6.64. The molecule has 21 heavy (non-hydrogen) atoms. The SMILES string of the molecule is CCn1c(SCc2cccc(Cl)c2)nnc1-c1cccs1. The molecule has 0 amide bonds. The Morgan fingerprint density at radius 2 is 2.14 bits per heavy atom. The zero-order chi connectivity index (χ0) is 14.7. The van der Waals surface area contributed by atoms with Gasteiger partial charge in [-0.25, -0.2) is 0 Å². The van der Waals surface area contributed by atoms with Gasteiger partial charge >= 0.3 is 0 Å². The lowest BCUT2D eigenvalue weighted by Gasteiger charge is -2.06. The largest absolute Gasteiger partial charge is 0.302 e. The number of halogens is 1. The first-order valence-electron chi connectivity index (χ1n) is 6.62. The summed E-state index contributed by atoms with van der Waals surface area (Å²) in [7, 11) is 0. The summed E-state index contributed by atoms with van der Waals surface area (Å²) in [4.78, 5) is 1.15. The average Bonchev–Trinajstić information content (AvgIpc) is 3.13. The van der Waals surface area contributed by atoms with Gasteiger partial charge in [0.2, 0.25) is 0 Å². The topological polar surface area (TPSA) is 30.7 Å². The maximum Gasteiger partial charge on any atom is 0.191 e. The van der Waals surface area contributed by atoms with Crippen LogP contribution in [0.25, 0.3) is 10.7 Å². The molecular formula is C15H14ClN3S2. The molecule has 3 rings (SSSR count). The molecule has 0 unspecified atom stereocenters. The van der Waals surface area contributed by atoms with E-state index in [1.807, 2.05) is 24.3 Å². The highest BCUT2D eigenvalue weighted by Crippen LogP contribution is 2.29. The number of hydrogen-bond donors (Lipinski definition) is 0. The smallest absolute Gasteiger partial charge is 0.191 e. The first kappa shape index (κ1) is 14.6. The van der Waals surface area contributed by atoms with Gasteiger partial charge < -0.3 is 4.57 Å². The van der Waals surface area contributed by atoms with E-state index in [0.29, 0.717) is 0 Å². The molecule has 0 aliphatic carbocycles. The lowest BCUT2D eigenvalue weighted by Crippen LogP contribution is -1.99. The Morgan fingerprint density at radius 1 is 1.24 bits per heavy atom. The van der Waals surface area contributed by atoms with E-state index in [0.717, 1.165) is 33.2 Å². The van der Waals surface area contributed by atoms with Crippen molar-refractivity contribution in [3.05, 3.63) is 52.4 Å². The maximum absolute atomic E-state index is 6.02. The Bertz CT molecular complexity index is 722. The summed E-state index contributed by atoms with van der Waals surface area (Å²) in [6.07, 6.45) is 0. The predicted molar refractivity (Wildman–Crippen MR) is 90.0 cm³/mol. The summed E-state index contributed by atoms with van der Waals surface area (Å²) in [5.74, 6) is 1.78. The van der Waals surface area contributed by atoms with Crippen molar-refractivity contribution in [2.45, 2.75) is 24.4 Å². The average molecular weight is 336 g/mol. The molecule has 1 aromatic carbocycles. The van der Waals surface area contributed by atoms with Crippen LogP contribution < -0.4 is 0 Å². The van der Waals surface area contributed by atoms with E-state index >= 15 is 0 Å². The van der Waals surface area contributed by atoms with Gasteiger partial charge in [0.05, 0.1) is 4.88 Å². The Labute approximate surface area is 137 Å². The van der Waals surface area contributed by atoms with Crippen molar-refractivity contribution in [1.29, 1.82) is 0 Å². The number of thiophene rings is 1. The molecule has 0 fully saturated rings. The van der Waals surface area contributed by atoms with E-state index < -0.39 is 0 Å². The lowest BCUT2D eigenvalue weighted by atomic mass is 10.2. The zero-order valence-corrected chi connectivity index (χ0v) is 13.9. The van der Waals surface area contributed by atoms with Gasteiger partial charge in [0.25, 0.3) is 0 Å². The van der Waals surface area contributed by atoms with E-state index in [1.54, 1.807) is 23.1 Å². The van der Waals surface area contributed by atoms with Crippen LogP contribution in [0.2, 0.25) is 5.02 Å². The van der Waals surface area contributed by atoms with Crippen LogP contribution in [0.4, 0.5) is 0 Å². The summed E-state index contributed by atoms with van der Waals surface area (Å²) in [5, 5.41) is 12.4. The summed E-state index contributed by atoms with van der Waals surface area (Å²) < 4.78 is 2.15. The second-order valence-electron chi connectivity index (χ2n) is 4.45. The molecule has 0 N–H and O–H groups in total. The molecule has 3 nitrogen and oxygen atoms in total. The Hall–Kier alpha value is -1.30. The van der Waals surface area contributed by atoms with Gasteiger partial charge in [-0.2, -0.15) is 0 Å². The Kier molecular flexibility index (Phi) is 4.63. The van der Waals surface area contributed by atoms with E-state index in [4.69, 9.17) is 11.6 Å². The molecule has 0 spiro atoms. The van der Waals surface area contributed by atoms with Gasteiger partial charge in [0.15, 0.2) is 11.0 Å². The maximum atomic E-state index is 6.02. The molecule has 0 radical (unpaired) electrons. The van der Waals surface area contributed by atoms with Crippen LogP contribution in [-0.2, 0) is 12.3 Å². The highest BCUT2D eigenvalue weighted by molar-refractivity contribution is 7.98. The van der Waals surface area contributed by atoms with Crippen molar-refractivity contribution in [2.24, 2.45) is 0 Å². The van der Waals surface area contributed by atoms with Crippen LogP contribution in [-0.4, -0.2) is 14.8 Å².